The van der Waals surface area contributed by atoms with Crippen molar-refractivity contribution in [3.63, 3.8) is 0 Å². The molecule has 0 bridgehead atoms. The first kappa shape index (κ1) is 28.5. The molecule has 0 radical (unpaired) electrons. The van der Waals surface area contributed by atoms with Gasteiger partial charge in [-0.3, -0.25) is 4.79 Å². The normalized spacial score (nSPS) is 10.8. The van der Waals surface area contributed by atoms with Crippen LogP contribution in [0.2, 0.25) is 0 Å². The standard InChI is InChI=1S/C25H36N4O3.HI/c1-6-9-24(30)28-21-11-8-10-20(16-21)18-27-25(26-7-2)29(3)15-14-19-12-13-22(31-4)23(17-19)32-5;/h8,10-13,16-17H,6-7,9,14-15,18H2,1-5H3,(H,26,27)(H,28,30);1H. The number of nitrogens with one attached hydrogen (secondary N) is 2. The number of rotatable bonds is 11. The number of hydrogen-bond acceptors (Lipinski definition) is 4. The van der Waals surface area contributed by atoms with E-state index in [0.29, 0.717) is 13.0 Å². The minimum atomic E-state index is 0. The highest BCUT2D eigenvalue weighted by Gasteiger charge is 2.09. The lowest BCUT2D eigenvalue weighted by molar-refractivity contribution is -0.116. The van der Waals surface area contributed by atoms with Crippen molar-refractivity contribution in [2.45, 2.75) is 39.7 Å². The van der Waals surface area contributed by atoms with Crippen LogP contribution in [0.15, 0.2) is 47.5 Å². The van der Waals surface area contributed by atoms with Crippen molar-refractivity contribution in [2.75, 3.05) is 39.7 Å². The van der Waals surface area contributed by atoms with Gasteiger partial charge in [-0.15, -0.1) is 24.0 Å². The van der Waals surface area contributed by atoms with Gasteiger partial charge in [-0.05, 0) is 55.2 Å². The molecule has 0 aromatic heterocycles. The summed E-state index contributed by atoms with van der Waals surface area (Å²) in [5, 5.41) is 6.30. The number of aliphatic imine (C=N–C) groups is 1. The van der Waals surface area contributed by atoms with Crippen LogP contribution in [0.25, 0.3) is 0 Å². The smallest absolute Gasteiger partial charge is 0.224 e. The number of hydrogen-bond donors (Lipinski definition) is 2. The molecule has 2 aromatic rings. The van der Waals surface area contributed by atoms with E-state index < -0.39 is 0 Å². The number of amides is 1. The lowest BCUT2D eigenvalue weighted by Crippen LogP contribution is -2.39. The minimum absolute atomic E-state index is 0. The van der Waals surface area contributed by atoms with E-state index in [2.05, 4.69) is 28.5 Å². The van der Waals surface area contributed by atoms with Gasteiger partial charge in [-0.2, -0.15) is 0 Å². The predicted octanol–water partition coefficient (Wildman–Crippen LogP) is 4.70. The largest absolute Gasteiger partial charge is 0.493 e. The van der Waals surface area contributed by atoms with Crippen LogP contribution in [0.3, 0.4) is 0 Å². The molecule has 0 unspecified atom stereocenters. The molecule has 1 amide bonds. The van der Waals surface area contributed by atoms with E-state index in [1.165, 1.54) is 5.56 Å². The molecular formula is C25H37IN4O3. The summed E-state index contributed by atoms with van der Waals surface area (Å²) in [6, 6.07) is 13.8. The second kappa shape index (κ2) is 15.4. The molecule has 2 aromatic carbocycles. The number of methoxy groups -OCH3 is 2. The van der Waals surface area contributed by atoms with Crippen LogP contribution in [-0.2, 0) is 17.8 Å². The molecule has 0 saturated heterocycles. The number of carbonyl (C=O) groups excluding carboxylic acids is 1. The fourth-order valence-electron chi connectivity index (χ4n) is 3.27. The van der Waals surface area contributed by atoms with Crippen molar-refractivity contribution in [1.29, 1.82) is 0 Å². The third-order valence-corrected chi connectivity index (χ3v) is 4.98. The van der Waals surface area contributed by atoms with Gasteiger partial charge in [0.2, 0.25) is 5.91 Å². The Morgan fingerprint density at radius 1 is 1.03 bits per heavy atom. The third-order valence-electron chi connectivity index (χ3n) is 4.98. The summed E-state index contributed by atoms with van der Waals surface area (Å²) in [4.78, 5) is 18.8. The molecule has 0 aliphatic heterocycles. The highest BCUT2D eigenvalue weighted by atomic mass is 127. The van der Waals surface area contributed by atoms with Crippen LogP contribution < -0.4 is 20.1 Å². The summed E-state index contributed by atoms with van der Waals surface area (Å²) in [6.45, 7) is 6.16. The van der Waals surface area contributed by atoms with Gasteiger partial charge in [0.1, 0.15) is 0 Å². The quantitative estimate of drug-likeness (QED) is 0.234. The summed E-state index contributed by atoms with van der Waals surface area (Å²) < 4.78 is 10.7. The van der Waals surface area contributed by atoms with Crippen LogP contribution in [0.4, 0.5) is 5.69 Å². The number of likely N-dealkylation sites (N-methyl/N-ethyl adjacent to an activating group) is 1. The van der Waals surface area contributed by atoms with E-state index in [1.807, 2.05) is 50.4 Å². The maximum atomic E-state index is 11.9. The van der Waals surface area contributed by atoms with E-state index in [1.54, 1.807) is 14.2 Å². The third kappa shape index (κ3) is 9.49. The Hall–Kier alpha value is -2.49. The average molecular weight is 569 g/mol. The molecular weight excluding hydrogens is 531 g/mol. The van der Waals surface area contributed by atoms with Gasteiger partial charge >= 0.3 is 0 Å². The summed E-state index contributed by atoms with van der Waals surface area (Å²) in [7, 11) is 5.32. The number of halogens is 1. The van der Waals surface area contributed by atoms with Crippen LogP contribution in [-0.4, -0.2) is 51.1 Å². The Labute approximate surface area is 215 Å². The maximum absolute atomic E-state index is 11.9. The first-order valence-corrected chi connectivity index (χ1v) is 11.1. The minimum Gasteiger partial charge on any atom is -0.493 e. The number of nitrogens with zero attached hydrogens (tertiary/aromatic N) is 2. The molecule has 0 fully saturated rings. The van der Waals surface area contributed by atoms with E-state index in [0.717, 1.165) is 54.6 Å². The lowest BCUT2D eigenvalue weighted by Gasteiger charge is -2.22. The van der Waals surface area contributed by atoms with E-state index in [4.69, 9.17) is 14.5 Å². The van der Waals surface area contributed by atoms with Gasteiger partial charge < -0.3 is 25.0 Å². The van der Waals surface area contributed by atoms with E-state index in [9.17, 15) is 4.79 Å². The predicted molar refractivity (Wildman–Crippen MR) is 146 cm³/mol. The summed E-state index contributed by atoms with van der Waals surface area (Å²) in [5.41, 5.74) is 3.02. The van der Waals surface area contributed by atoms with Crippen molar-refractivity contribution in [1.82, 2.24) is 10.2 Å². The van der Waals surface area contributed by atoms with Gasteiger partial charge in [0, 0.05) is 32.2 Å². The molecule has 2 N–H and O–H groups in total. The van der Waals surface area contributed by atoms with Crippen LogP contribution >= 0.6 is 24.0 Å². The second-order valence-electron chi connectivity index (χ2n) is 7.53. The number of ether oxygens (including phenoxy) is 2. The monoisotopic (exact) mass is 568 g/mol. The Morgan fingerprint density at radius 2 is 1.79 bits per heavy atom. The molecule has 0 aliphatic rings. The highest BCUT2D eigenvalue weighted by Crippen LogP contribution is 2.27. The van der Waals surface area contributed by atoms with Crippen molar-refractivity contribution in [3.8, 4) is 11.5 Å². The molecule has 8 heteroatoms. The number of benzene rings is 2. The first-order chi connectivity index (χ1) is 15.5. The Bertz CT molecular complexity index is 905. The SMILES string of the molecule is CCCC(=O)Nc1cccc(CN=C(NCC)N(C)CCc2ccc(OC)c(OC)c2)c1.I. The Kier molecular flexibility index (Phi) is 13.3. The van der Waals surface area contributed by atoms with E-state index in [-0.39, 0.29) is 29.9 Å². The van der Waals surface area contributed by atoms with Crippen molar-refractivity contribution < 1.29 is 14.3 Å². The van der Waals surface area contributed by atoms with Gasteiger partial charge in [0.25, 0.3) is 0 Å². The molecule has 2 rings (SSSR count). The molecule has 0 saturated carbocycles. The molecule has 7 nitrogen and oxygen atoms in total. The topological polar surface area (TPSA) is 75.2 Å². The van der Waals surface area contributed by atoms with Gasteiger partial charge in [-0.1, -0.05) is 25.1 Å². The highest BCUT2D eigenvalue weighted by molar-refractivity contribution is 14.0. The zero-order valence-corrected chi connectivity index (χ0v) is 22.6. The van der Waals surface area contributed by atoms with E-state index >= 15 is 0 Å². The molecule has 0 atom stereocenters. The second-order valence-corrected chi connectivity index (χ2v) is 7.53. The van der Waals surface area contributed by atoms with Gasteiger partial charge in [0.15, 0.2) is 17.5 Å². The molecule has 0 aliphatic carbocycles. The van der Waals surface area contributed by atoms with Crippen molar-refractivity contribution in [2.24, 2.45) is 4.99 Å². The Balaban J connectivity index is 0.00000544. The fourth-order valence-corrected chi connectivity index (χ4v) is 3.27. The summed E-state index contributed by atoms with van der Waals surface area (Å²) in [5.74, 6) is 2.34. The molecule has 182 valence electrons. The number of carbonyl (C=O) groups is 1. The summed E-state index contributed by atoms with van der Waals surface area (Å²) >= 11 is 0. The average Bonchev–Trinajstić information content (AvgIpc) is 2.80. The van der Waals surface area contributed by atoms with Crippen LogP contribution in [0.5, 0.6) is 11.5 Å². The molecule has 0 heterocycles. The van der Waals surface area contributed by atoms with Crippen molar-refractivity contribution >= 4 is 41.5 Å². The van der Waals surface area contributed by atoms with Crippen LogP contribution in [0.1, 0.15) is 37.8 Å². The first-order valence-electron chi connectivity index (χ1n) is 11.1. The lowest BCUT2D eigenvalue weighted by atomic mass is 10.1. The van der Waals surface area contributed by atoms with Crippen LogP contribution in [0, 0.1) is 0 Å². The van der Waals surface area contributed by atoms with Gasteiger partial charge in [-0.25, -0.2) is 4.99 Å². The molecule has 33 heavy (non-hydrogen) atoms. The summed E-state index contributed by atoms with van der Waals surface area (Å²) in [6.07, 6.45) is 2.20. The maximum Gasteiger partial charge on any atom is 0.224 e. The molecule has 0 spiro atoms. The number of guanidine groups is 1. The zero-order valence-electron chi connectivity index (χ0n) is 20.3. The zero-order chi connectivity index (χ0) is 23.3. The van der Waals surface area contributed by atoms with Crippen molar-refractivity contribution in [3.05, 3.63) is 53.6 Å². The Morgan fingerprint density at radius 3 is 2.45 bits per heavy atom. The fraction of sp³-hybridized carbons (Fsp3) is 0.440. The van der Waals surface area contributed by atoms with Gasteiger partial charge in [0.05, 0.1) is 20.8 Å². The number of anilines is 1.